The van der Waals surface area contributed by atoms with Crippen LogP contribution in [0.4, 0.5) is 0 Å². The fourth-order valence-electron chi connectivity index (χ4n) is 3.41. The highest BCUT2D eigenvalue weighted by Crippen LogP contribution is 2.38. The Labute approximate surface area is 125 Å². The van der Waals surface area contributed by atoms with Crippen LogP contribution in [0, 0.1) is 5.92 Å². The fraction of sp³-hybridized carbons (Fsp3) is 0.588. The lowest BCUT2D eigenvalue weighted by molar-refractivity contribution is -0.141. The molecule has 1 aromatic carbocycles. The smallest absolute Gasteiger partial charge is 0.264 e. The third-order valence-electron chi connectivity index (χ3n) is 4.81. The lowest BCUT2D eigenvalue weighted by Crippen LogP contribution is -2.48. The molecule has 1 fully saturated rings. The summed E-state index contributed by atoms with van der Waals surface area (Å²) in [5.74, 6) is 1.15. The molecule has 21 heavy (non-hydrogen) atoms. The number of aliphatic hydroxyl groups excluding tert-OH is 1. The molecule has 4 atom stereocenters. The molecule has 2 heterocycles. The molecule has 3 rings (SSSR count). The lowest BCUT2D eigenvalue weighted by Gasteiger charge is -2.35. The number of para-hydroxylation sites is 1. The Bertz CT molecular complexity index is 529. The molecule has 4 heteroatoms. The van der Waals surface area contributed by atoms with Crippen LogP contribution in [0.25, 0.3) is 0 Å². The first-order valence-electron chi connectivity index (χ1n) is 7.80. The summed E-state index contributed by atoms with van der Waals surface area (Å²) in [6, 6.07) is 7.87. The van der Waals surface area contributed by atoms with Crippen molar-refractivity contribution in [2.24, 2.45) is 5.92 Å². The minimum absolute atomic E-state index is 0.0593. The third-order valence-corrected chi connectivity index (χ3v) is 4.81. The summed E-state index contributed by atoms with van der Waals surface area (Å²) in [4.78, 5) is 14.6. The van der Waals surface area contributed by atoms with Crippen LogP contribution in [0.3, 0.4) is 0 Å². The highest BCUT2D eigenvalue weighted by Gasteiger charge is 2.39. The molecule has 0 saturated carbocycles. The predicted molar refractivity (Wildman–Crippen MR) is 80.3 cm³/mol. The molecular weight excluding hydrogens is 266 g/mol. The van der Waals surface area contributed by atoms with Gasteiger partial charge in [0, 0.05) is 30.5 Å². The number of nitrogens with zero attached hydrogens (tertiary/aromatic N) is 1. The van der Waals surface area contributed by atoms with E-state index in [9.17, 15) is 9.90 Å². The highest BCUT2D eigenvalue weighted by molar-refractivity contribution is 5.83. The van der Waals surface area contributed by atoms with E-state index >= 15 is 0 Å². The Morgan fingerprint density at radius 2 is 2.19 bits per heavy atom. The maximum absolute atomic E-state index is 12.8. The number of ether oxygens (including phenoxy) is 1. The Morgan fingerprint density at radius 3 is 2.90 bits per heavy atom. The first kappa shape index (κ1) is 14.4. The van der Waals surface area contributed by atoms with Crippen molar-refractivity contribution >= 4 is 5.91 Å². The molecule has 2 aliphatic heterocycles. The van der Waals surface area contributed by atoms with Gasteiger partial charge in [0.05, 0.1) is 6.10 Å². The molecule has 1 saturated heterocycles. The number of carbonyl (C=O) groups is 1. The molecule has 0 radical (unpaired) electrons. The van der Waals surface area contributed by atoms with E-state index in [1.54, 1.807) is 0 Å². The number of aliphatic hydroxyl groups is 1. The molecule has 0 bridgehead atoms. The van der Waals surface area contributed by atoms with Crippen molar-refractivity contribution in [3.63, 3.8) is 0 Å². The van der Waals surface area contributed by atoms with Crippen LogP contribution in [0.1, 0.15) is 38.2 Å². The summed E-state index contributed by atoms with van der Waals surface area (Å²) in [5, 5.41) is 9.77. The van der Waals surface area contributed by atoms with E-state index in [0.29, 0.717) is 6.54 Å². The molecule has 0 spiro atoms. The number of carbonyl (C=O) groups excluding carboxylic acids is 1. The Morgan fingerprint density at radius 1 is 1.43 bits per heavy atom. The number of likely N-dealkylation sites (tertiary alicyclic amines) is 1. The summed E-state index contributed by atoms with van der Waals surface area (Å²) < 4.78 is 5.88. The maximum atomic E-state index is 12.8. The molecule has 2 aliphatic rings. The number of benzene rings is 1. The van der Waals surface area contributed by atoms with Crippen LogP contribution >= 0.6 is 0 Å². The van der Waals surface area contributed by atoms with Gasteiger partial charge in [-0.2, -0.15) is 0 Å². The van der Waals surface area contributed by atoms with Gasteiger partial charge in [-0.3, -0.25) is 4.79 Å². The predicted octanol–water partition coefficient (Wildman–Crippen LogP) is 2.17. The molecule has 0 aromatic heterocycles. The topological polar surface area (TPSA) is 49.8 Å². The van der Waals surface area contributed by atoms with Crippen molar-refractivity contribution in [2.75, 3.05) is 13.1 Å². The highest BCUT2D eigenvalue weighted by atomic mass is 16.5. The van der Waals surface area contributed by atoms with E-state index in [1.165, 1.54) is 0 Å². The second-order valence-electron chi connectivity index (χ2n) is 6.29. The number of amides is 1. The molecule has 0 aliphatic carbocycles. The van der Waals surface area contributed by atoms with Crippen molar-refractivity contribution in [3.8, 4) is 5.75 Å². The third kappa shape index (κ3) is 2.64. The van der Waals surface area contributed by atoms with E-state index in [-0.39, 0.29) is 23.8 Å². The first-order chi connectivity index (χ1) is 10.1. The van der Waals surface area contributed by atoms with Gasteiger partial charge in [0.15, 0.2) is 6.10 Å². The molecule has 114 valence electrons. The Balaban J connectivity index is 1.72. The van der Waals surface area contributed by atoms with Gasteiger partial charge in [-0.15, -0.1) is 0 Å². The van der Waals surface area contributed by atoms with Gasteiger partial charge in [-0.05, 0) is 25.8 Å². The summed E-state index contributed by atoms with van der Waals surface area (Å²) in [6.45, 7) is 5.26. The van der Waals surface area contributed by atoms with Crippen LogP contribution in [0.2, 0.25) is 0 Å². The van der Waals surface area contributed by atoms with Gasteiger partial charge in [0.2, 0.25) is 0 Å². The van der Waals surface area contributed by atoms with Gasteiger partial charge in [-0.25, -0.2) is 0 Å². The fourth-order valence-corrected chi connectivity index (χ4v) is 3.41. The molecule has 1 amide bonds. The number of piperidine rings is 1. The number of rotatable bonds is 2. The van der Waals surface area contributed by atoms with Crippen LogP contribution in [-0.4, -0.2) is 41.2 Å². The Kier molecular flexibility index (Phi) is 3.89. The average molecular weight is 289 g/mol. The van der Waals surface area contributed by atoms with E-state index in [1.807, 2.05) is 43.0 Å². The molecular formula is C17H23NO3. The molecule has 1 aromatic rings. The quantitative estimate of drug-likeness (QED) is 0.908. The van der Waals surface area contributed by atoms with Crippen molar-refractivity contribution in [2.45, 2.75) is 44.8 Å². The van der Waals surface area contributed by atoms with Crippen molar-refractivity contribution in [3.05, 3.63) is 29.8 Å². The largest absolute Gasteiger partial charge is 0.480 e. The zero-order chi connectivity index (χ0) is 15.0. The minimum Gasteiger partial charge on any atom is -0.480 e. The van der Waals surface area contributed by atoms with Gasteiger partial charge in [-0.1, -0.05) is 25.1 Å². The van der Waals surface area contributed by atoms with E-state index in [0.717, 1.165) is 30.7 Å². The van der Waals surface area contributed by atoms with Crippen LogP contribution in [0.15, 0.2) is 24.3 Å². The van der Waals surface area contributed by atoms with Crippen molar-refractivity contribution in [1.82, 2.24) is 4.90 Å². The van der Waals surface area contributed by atoms with E-state index in [2.05, 4.69) is 0 Å². The van der Waals surface area contributed by atoms with Gasteiger partial charge in [0.1, 0.15) is 5.75 Å². The second kappa shape index (κ2) is 5.68. The van der Waals surface area contributed by atoms with Crippen LogP contribution < -0.4 is 4.74 Å². The Hall–Kier alpha value is -1.55. The van der Waals surface area contributed by atoms with Gasteiger partial charge in [0.25, 0.3) is 5.91 Å². The normalized spacial score (nSPS) is 29.7. The van der Waals surface area contributed by atoms with E-state index in [4.69, 9.17) is 4.74 Å². The van der Waals surface area contributed by atoms with Gasteiger partial charge < -0.3 is 14.7 Å². The first-order valence-corrected chi connectivity index (χ1v) is 7.80. The van der Waals surface area contributed by atoms with Crippen LogP contribution in [-0.2, 0) is 4.79 Å². The van der Waals surface area contributed by atoms with Gasteiger partial charge >= 0.3 is 0 Å². The average Bonchev–Trinajstić information content (AvgIpc) is 2.84. The standard InChI is InChI=1S/C17H23NO3/c1-11-14-7-3-4-8-15(14)21-16(11)17(20)18-9-5-6-13(10-18)12(2)19/h3-4,7-8,11-13,16,19H,5-6,9-10H2,1-2H3. The monoisotopic (exact) mass is 289 g/mol. The lowest BCUT2D eigenvalue weighted by atomic mass is 9.91. The summed E-state index contributed by atoms with van der Waals surface area (Å²) in [7, 11) is 0. The number of hydrogen-bond acceptors (Lipinski definition) is 3. The van der Waals surface area contributed by atoms with Crippen LogP contribution in [0.5, 0.6) is 5.75 Å². The maximum Gasteiger partial charge on any atom is 0.264 e. The molecule has 4 nitrogen and oxygen atoms in total. The second-order valence-corrected chi connectivity index (χ2v) is 6.29. The van der Waals surface area contributed by atoms with Crippen molar-refractivity contribution < 1.29 is 14.6 Å². The zero-order valence-corrected chi connectivity index (χ0v) is 12.7. The summed E-state index contributed by atoms with van der Waals surface area (Å²) in [6.07, 6.45) is 1.16. The molecule has 4 unspecified atom stereocenters. The van der Waals surface area contributed by atoms with E-state index < -0.39 is 6.10 Å². The zero-order valence-electron chi connectivity index (χ0n) is 12.7. The summed E-state index contributed by atoms with van der Waals surface area (Å²) >= 11 is 0. The molecule has 1 N–H and O–H groups in total. The summed E-state index contributed by atoms with van der Waals surface area (Å²) in [5.41, 5.74) is 1.11. The van der Waals surface area contributed by atoms with Crippen molar-refractivity contribution in [1.29, 1.82) is 0 Å². The minimum atomic E-state index is -0.421. The number of hydrogen-bond donors (Lipinski definition) is 1. The number of fused-ring (bicyclic) bond motifs is 1. The SMILES string of the molecule is CC(O)C1CCCN(C(=O)C2Oc3ccccc3C2C)C1.